The second-order valence-electron chi connectivity index (χ2n) is 1.61. The molecule has 0 radical (unpaired) electrons. The number of hydrogen-bond acceptors (Lipinski definition) is 2. The van der Waals surface area contributed by atoms with Gasteiger partial charge in [0.05, 0.1) is 4.48 Å². The molecule has 0 saturated heterocycles. The van der Waals surface area contributed by atoms with Crippen LogP contribution in [0.2, 0.25) is 0 Å². The molecular weight excluding hydrogens is 180 g/mol. The lowest BCUT2D eigenvalue weighted by atomic mass is 10.3. The van der Waals surface area contributed by atoms with Gasteiger partial charge in [0, 0.05) is 19.0 Å². The first-order valence-electron chi connectivity index (χ1n) is 2.83. The molecule has 0 spiro atoms. The van der Waals surface area contributed by atoms with Gasteiger partial charge in [0.1, 0.15) is 0 Å². The Labute approximate surface area is 64.0 Å². The molecule has 0 aliphatic carbocycles. The molecule has 0 saturated carbocycles. The van der Waals surface area contributed by atoms with Crippen LogP contribution in [0.3, 0.4) is 0 Å². The maximum atomic E-state index is 7.29. The summed E-state index contributed by atoms with van der Waals surface area (Å²) in [7, 11) is 1.81. The quantitative estimate of drug-likeness (QED) is 0.656. The van der Waals surface area contributed by atoms with Gasteiger partial charge in [0.25, 0.3) is 0 Å². The lowest BCUT2D eigenvalue weighted by Crippen LogP contribution is -1.99. The van der Waals surface area contributed by atoms with E-state index in [0.29, 0.717) is 5.71 Å². The predicted molar refractivity (Wildman–Crippen MR) is 44.1 cm³/mol. The van der Waals surface area contributed by atoms with Gasteiger partial charge in [-0.3, -0.25) is 0 Å². The van der Waals surface area contributed by atoms with E-state index >= 15 is 0 Å². The van der Waals surface area contributed by atoms with Gasteiger partial charge in [-0.25, -0.2) is 0 Å². The van der Waals surface area contributed by atoms with Crippen molar-refractivity contribution in [2.24, 2.45) is 0 Å². The van der Waals surface area contributed by atoms with Crippen LogP contribution in [0.4, 0.5) is 0 Å². The Balaban J connectivity index is 3.86. The van der Waals surface area contributed by atoms with E-state index in [1.54, 1.807) is 6.20 Å². The van der Waals surface area contributed by atoms with Gasteiger partial charge in [0.2, 0.25) is 0 Å². The lowest BCUT2D eigenvalue weighted by molar-refractivity contribution is 1.10. The van der Waals surface area contributed by atoms with E-state index in [9.17, 15) is 0 Å². The summed E-state index contributed by atoms with van der Waals surface area (Å²) in [5.41, 5.74) is 0.615. The van der Waals surface area contributed by atoms with Gasteiger partial charge >= 0.3 is 0 Å². The number of hydrogen-bond donors (Lipinski definition) is 2. The highest BCUT2D eigenvalue weighted by atomic mass is 79.9. The van der Waals surface area contributed by atoms with E-state index in [0.717, 1.165) is 10.9 Å². The van der Waals surface area contributed by atoms with E-state index in [-0.39, 0.29) is 0 Å². The molecule has 0 aromatic rings. The van der Waals surface area contributed by atoms with E-state index in [1.165, 1.54) is 0 Å². The second-order valence-corrected chi connectivity index (χ2v) is 2.47. The molecule has 0 heterocycles. The molecule has 0 aromatic heterocycles. The zero-order valence-electron chi connectivity index (χ0n) is 5.66. The first kappa shape index (κ1) is 8.69. The third kappa shape index (κ3) is 3.30. The molecule has 0 fully saturated rings. The molecule has 3 heteroatoms. The highest BCUT2D eigenvalue weighted by molar-refractivity contribution is 9.12. The lowest BCUT2D eigenvalue weighted by Gasteiger charge is -1.96. The van der Waals surface area contributed by atoms with Crippen LogP contribution in [0.15, 0.2) is 10.7 Å². The highest BCUT2D eigenvalue weighted by Gasteiger charge is 1.94. The number of halogens is 1. The minimum Gasteiger partial charge on any atom is -0.393 e. The molecule has 52 valence electrons. The van der Waals surface area contributed by atoms with Crippen molar-refractivity contribution >= 4 is 21.6 Å². The maximum Gasteiger partial charge on any atom is 0.0539 e. The summed E-state index contributed by atoms with van der Waals surface area (Å²) in [5, 5.41) is 10.1. The molecule has 0 aromatic carbocycles. The average Bonchev–Trinajstić information content (AvgIpc) is 1.87. The zero-order valence-corrected chi connectivity index (χ0v) is 7.25. The van der Waals surface area contributed by atoms with Crippen molar-refractivity contribution in [3.8, 4) is 0 Å². The van der Waals surface area contributed by atoms with Crippen LogP contribution in [0.1, 0.15) is 13.3 Å². The van der Waals surface area contributed by atoms with Gasteiger partial charge in [0.15, 0.2) is 0 Å². The fraction of sp³-hybridized carbons (Fsp3) is 0.500. The van der Waals surface area contributed by atoms with Gasteiger partial charge in [-0.15, -0.1) is 0 Å². The third-order valence-electron chi connectivity index (χ3n) is 0.913. The van der Waals surface area contributed by atoms with Gasteiger partial charge in [-0.1, -0.05) is 6.92 Å². The van der Waals surface area contributed by atoms with Crippen molar-refractivity contribution < 1.29 is 0 Å². The van der Waals surface area contributed by atoms with Crippen molar-refractivity contribution in [2.75, 3.05) is 7.05 Å². The summed E-state index contributed by atoms with van der Waals surface area (Å²) in [6.45, 7) is 1.95. The van der Waals surface area contributed by atoms with E-state index < -0.39 is 0 Å². The largest absolute Gasteiger partial charge is 0.393 e. The molecule has 0 amide bonds. The monoisotopic (exact) mass is 190 g/mol. The van der Waals surface area contributed by atoms with Crippen LogP contribution < -0.4 is 5.32 Å². The Bertz CT molecular complexity index is 129. The van der Waals surface area contributed by atoms with Crippen LogP contribution in [-0.2, 0) is 0 Å². The maximum absolute atomic E-state index is 7.29. The molecule has 0 aliphatic rings. The van der Waals surface area contributed by atoms with Crippen molar-refractivity contribution in [3.05, 3.63) is 10.7 Å². The second kappa shape index (κ2) is 4.56. The zero-order chi connectivity index (χ0) is 7.28. The normalized spacial score (nSPS) is 11.2. The van der Waals surface area contributed by atoms with Crippen LogP contribution in [0.25, 0.3) is 0 Å². The van der Waals surface area contributed by atoms with Gasteiger partial charge in [-0.05, 0) is 22.4 Å². The molecule has 0 rings (SSSR count). The Morgan fingerprint density at radius 1 is 1.78 bits per heavy atom. The Hall–Kier alpha value is -0.310. The fourth-order valence-electron chi connectivity index (χ4n) is 0.383. The summed E-state index contributed by atoms with van der Waals surface area (Å²) in [5.74, 6) is 0. The summed E-state index contributed by atoms with van der Waals surface area (Å²) in [6.07, 6.45) is 2.52. The first-order chi connectivity index (χ1) is 4.22. The summed E-state index contributed by atoms with van der Waals surface area (Å²) >= 11 is 3.24. The van der Waals surface area contributed by atoms with Crippen molar-refractivity contribution in [3.63, 3.8) is 0 Å². The average molecular weight is 191 g/mol. The standard InChI is InChI=1S/C6H11BrN2/c1-3-6(8)5(7)4-9-2/h4,8-9H,3H2,1-2H3/b5-4+,8-6?. The minimum atomic E-state index is 0.615. The minimum absolute atomic E-state index is 0.615. The fourth-order valence-corrected chi connectivity index (χ4v) is 0.892. The van der Waals surface area contributed by atoms with Crippen molar-refractivity contribution in [1.82, 2.24) is 5.32 Å². The molecule has 0 unspecified atom stereocenters. The smallest absolute Gasteiger partial charge is 0.0539 e. The summed E-state index contributed by atoms with van der Waals surface area (Å²) in [6, 6.07) is 0. The molecule has 0 aliphatic heterocycles. The van der Waals surface area contributed by atoms with Crippen LogP contribution in [-0.4, -0.2) is 12.8 Å². The topological polar surface area (TPSA) is 35.9 Å². The molecule has 0 atom stereocenters. The summed E-state index contributed by atoms with van der Waals surface area (Å²) in [4.78, 5) is 0. The van der Waals surface area contributed by atoms with Crippen LogP contribution in [0.5, 0.6) is 0 Å². The van der Waals surface area contributed by atoms with Gasteiger partial charge in [-0.2, -0.15) is 0 Å². The highest BCUT2D eigenvalue weighted by Crippen LogP contribution is 2.06. The van der Waals surface area contributed by atoms with E-state index in [2.05, 4.69) is 21.2 Å². The molecular formula is C6H11BrN2. The number of rotatable bonds is 3. The Morgan fingerprint density at radius 3 is 2.67 bits per heavy atom. The van der Waals surface area contributed by atoms with Gasteiger partial charge < -0.3 is 10.7 Å². The van der Waals surface area contributed by atoms with E-state index in [1.807, 2.05) is 14.0 Å². The molecule has 2 N–H and O–H groups in total. The third-order valence-corrected chi connectivity index (χ3v) is 1.62. The predicted octanol–water partition coefficient (Wildman–Crippen LogP) is 1.87. The van der Waals surface area contributed by atoms with Crippen molar-refractivity contribution in [1.29, 1.82) is 5.41 Å². The van der Waals surface area contributed by atoms with E-state index in [4.69, 9.17) is 5.41 Å². The molecule has 0 bridgehead atoms. The van der Waals surface area contributed by atoms with Crippen LogP contribution in [0, 0.1) is 5.41 Å². The Morgan fingerprint density at radius 2 is 2.33 bits per heavy atom. The molecule has 2 nitrogen and oxygen atoms in total. The number of nitrogens with one attached hydrogen (secondary N) is 2. The Kier molecular flexibility index (Phi) is 4.40. The van der Waals surface area contributed by atoms with Crippen molar-refractivity contribution in [2.45, 2.75) is 13.3 Å². The molecule has 9 heavy (non-hydrogen) atoms. The summed E-state index contributed by atoms with van der Waals surface area (Å²) < 4.78 is 0.826. The van der Waals surface area contributed by atoms with Crippen LogP contribution >= 0.6 is 15.9 Å². The SMILES string of the molecule is CCC(=N)/C(Br)=C\NC. The first-order valence-corrected chi connectivity index (χ1v) is 3.62. The number of allylic oxidation sites excluding steroid dienone is 1.